The molecule has 1 saturated heterocycles. The summed E-state index contributed by atoms with van der Waals surface area (Å²) in [4.78, 5) is 4.03. The zero-order valence-corrected chi connectivity index (χ0v) is 9.07. The van der Waals surface area contributed by atoms with Gasteiger partial charge in [0.1, 0.15) is 0 Å². The molecule has 1 aromatic rings. The molecule has 1 fully saturated rings. The number of anilines is 1. The van der Waals surface area contributed by atoms with Crippen molar-refractivity contribution in [3.63, 3.8) is 0 Å². The summed E-state index contributed by atoms with van der Waals surface area (Å²) in [5.74, 6) is 2.18. The van der Waals surface area contributed by atoms with Gasteiger partial charge < -0.3 is 15.6 Å². The molecule has 3 N–H and O–H groups in total. The first-order valence-corrected chi connectivity index (χ1v) is 5.54. The van der Waals surface area contributed by atoms with E-state index in [0.29, 0.717) is 17.7 Å². The summed E-state index contributed by atoms with van der Waals surface area (Å²) in [5.41, 5.74) is 5.40. The Hall–Kier alpha value is -1.10. The van der Waals surface area contributed by atoms with Crippen LogP contribution in [-0.2, 0) is 6.42 Å². The standard InChI is InChI=1S/C10H18N4O/c1-7(8-3-2-4-12-6-8)5-9-13-10(11)14-15-9/h7-8,12H,2-6H2,1H3,(H2,11,14). The van der Waals surface area contributed by atoms with Crippen molar-refractivity contribution < 1.29 is 4.52 Å². The summed E-state index contributed by atoms with van der Waals surface area (Å²) in [7, 11) is 0. The fourth-order valence-electron chi connectivity index (χ4n) is 2.16. The number of hydrogen-bond donors (Lipinski definition) is 2. The van der Waals surface area contributed by atoms with Crippen molar-refractivity contribution in [1.29, 1.82) is 0 Å². The average Bonchev–Trinajstić information content (AvgIpc) is 2.65. The summed E-state index contributed by atoms with van der Waals surface area (Å²) in [5, 5.41) is 7.01. The van der Waals surface area contributed by atoms with E-state index in [4.69, 9.17) is 10.3 Å². The van der Waals surface area contributed by atoms with Gasteiger partial charge in [-0.05, 0) is 42.9 Å². The maximum atomic E-state index is 5.40. The molecule has 1 aliphatic rings. The second kappa shape index (κ2) is 4.61. The monoisotopic (exact) mass is 210 g/mol. The maximum absolute atomic E-state index is 5.40. The predicted molar refractivity (Wildman–Crippen MR) is 57.2 cm³/mol. The van der Waals surface area contributed by atoms with E-state index in [9.17, 15) is 0 Å². The van der Waals surface area contributed by atoms with E-state index < -0.39 is 0 Å². The second-order valence-corrected chi connectivity index (χ2v) is 4.33. The van der Waals surface area contributed by atoms with Gasteiger partial charge in [0.15, 0.2) is 0 Å². The molecule has 0 saturated carbocycles. The molecule has 0 aromatic carbocycles. The first kappa shape index (κ1) is 10.4. The van der Waals surface area contributed by atoms with Crippen LogP contribution in [-0.4, -0.2) is 23.2 Å². The number of piperidine rings is 1. The lowest BCUT2D eigenvalue weighted by Gasteiger charge is -2.27. The van der Waals surface area contributed by atoms with Crippen molar-refractivity contribution in [2.45, 2.75) is 26.2 Å². The number of hydrogen-bond acceptors (Lipinski definition) is 5. The van der Waals surface area contributed by atoms with Crippen molar-refractivity contribution >= 4 is 5.95 Å². The fraction of sp³-hybridized carbons (Fsp3) is 0.800. The average molecular weight is 210 g/mol. The number of rotatable bonds is 3. The van der Waals surface area contributed by atoms with Crippen LogP contribution >= 0.6 is 0 Å². The molecule has 5 nitrogen and oxygen atoms in total. The van der Waals surface area contributed by atoms with E-state index >= 15 is 0 Å². The number of nitrogens with one attached hydrogen (secondary N) is 1. The lowest BCUT2D eigenvalue weighted by molar-refractivity contribution is 0.257. The van der Waals surface area contributed by atoms with Gasteiger partial charge in [0.05, 0.1) is 0 Å². The van der Waals surface area contributed by atoms with Crippen LogP contribution in [0.2, 0.25) is 0 Å². The van der Waals surface area contributed by atoms with Gasteiger partial charge in [0.25, 0.3) is 5.95 Å². The van der Waals surface area contributed by atoms with Crippen molar-refractivity contribution in [3.05, 3.63) is 5.89 Å². The van der Waals surface area contributed by atoms with Crippen LogP contribution in [0.1, 0.15) is 25.7 Å². The molecular formula is C10H18N4O. The van der Waals surface area contributed by atoms with Gasteiger partial charge >= 0.3 is 0 Å². The van der Waals surface area contributed by atoms with Crippen molar-refractivity contribution in [3.8, 4) is 0 Å². The molecule has 2 heterocycles. The summed E-state index contributed by atoms with van der Waals surface area (Å²) >= 11 is 0. The van der Waals surface area contributed by atoms with Crippen molar-refractivity contribution in [2.24, 2.45) is 11.8 Å². The molecular weight excluding hydrogens is 192 g/mol. The van der Waals surface area contributed by atoms with E-state index in [0.717, 1.165) is 19.5 Å². The molecule has 0 aliphatic carbocycles. The van der Waals surface area contributed by atoms with Gasteiger partial charge in [-0.15, -0.1) is 0 Å². The zero-order valence-electron chi connectivity index (χ0n) is 9.07. The summed E-state index contributed by atoms with van der Waals surface area (Å²) in [6.45, 7) is 4.49. The van der Waals surface area contributed by atoms with Crippen LogP contribution in [0.3, 0.4) is 0 Å². The molecule has 2 atom stereocenters. The van der Waals surface area contributed by atoms with Gasteiger partial charge in [-0.3, -0.25) is 0 Å². The minimum atomic E-state index is 0.235. The smallest absolute Gasteiger partial charge is 0.260 e. The molecule has 1 aromatic heterocycles. The molecule has 2 rings (SSSR count). The Morgan fingerprint density at radius 3 is 3.13 bits per heavy atom. The van der Waals surface area contributed by atoms with Crippen LogP contribution in [0.5, 0.6) is 0 Å². The highest BCUT2D eigenvalue weighted by Crippen LogP contribution is 2.22. The van der Waals surface area contributed by atoms with E-state index in [-0.39, 0.29) is 5.95 Å². The Bertz CT molecular complexity index is 306. The van der Waals surface area contributed by atoms with Crippen molar-refractivity contribution in [1.82, 2.24) is 15.5 Å². The molecule has 0 spiro atoms. The summed E-state index contributed by atoms with van der Waals surface area (Å²) in [6.07, 6.45) is 3.38. The summed E-state index contributed by atoms with van der Waals surface area (Å²) < 4.78 is 5.02. The Labute approximate surface area is 89.4 Å². The van der Waals surface area contributed by atoms with E-state index in [2.05, 4.69) is 22.4 Å². The second-order valence-electron chi connectivity index (χ2n) is 4.33. The Morgan fingerprint density at radius 1 is 1.67 bits per heavy atom. The van der Waals surface area contributed by atoms with Crippen LogP contribution in [0.4, 0.5) is 5.95 Å². The SMILES string of the molecule is CC(Cc1nc(N)no1)C1CCCNC1. The van der Waals surface area contributed by atoms with Crippen LogP contribution < -0.4 is 11.1 Å². The minimum Gasteiger partial charge on any atom is -0.365 e. The molecule has 0 amide bonds. The largest absolute Gasteiger partial charge is 0.365 e. The Kier molecular flexibility index (Phi) is 3.20. The molecule has 1 aliphatic heterocycles. The first-order valence-electron chi connectivity index (χ1n) is 5.54. The zero-order chi connectivity index (χ0) is 10.7. The Balaban J connectivity index is 1.88. The minimum absolute atomic E-state index is 0.235. The lowest BCUT2D eigenvalue weighted by Crippen LogP contribution is -2.33. The van der Waals surface area contributed by atoms with E-state index in [1.54, 1.807) is 0 Å². The molecule has 2 unspecified atom stereocenters. The number of nitrogens with zero attached hydrogens (tertiary/aromatic N) is 2. The number of aromatic nitrogens is 2. The van der Waals surface area contributed by atoms with Crippen molar-refractivity contribution in [2.75, 3.05) is 18.8 Å². The Morgan fingerprint density at radius 2 is 2.53 bits per heavy atom. The van der Waals surface area contributed by atoms with Gasteiger partial charge in [-0.2, -0.15) is 4.98 Å². The number of nitrogens with two attached hydrogens (primary N) is 1. The molecule has 0 bridgehead atoms. The van der Waals surface area contributed by atoms with E-state index in [1.165, 1.54) is 12.8 Å². The third-order valence-electron chi connectivity index (χ3n) is 3.12. The molecule has 15 heavy (non-hydrogen) atoms. The third-order valence-corrected chi connectivity index (χ3v) is 3.12. The molecule has 84 valence electrons. The molecule has 5 heteroatoms. The maximum Gasteiger partial charge on any atom is 0.260 e. The van der Waals surface area contributed by atoms with E-state index in [1.807, 2.05) is 0 Å². The quantitative estimate of drug-likeness (QED) is 0.772. The van der Waals surface area contributed by atoms with Crippen LogP contribution in [0, 0.1) is 11.8 Å². The van der Waals surface area contributed by atoms with Gasteiger partial charge in [-0.1, -0.05) is 6.92 Å². The topological polar surface area (TPSA) is 77.0 Å². The summed E-state index contributed by atoms with van der Waals surface area (Å²) in [6, 6.07) is 0. The van der Waals surface area contributed by atoms with Gasteiger partial charge in [0, 0.05) is 6.42 Å². The lowest BCUT2D eigenvalue weighted by atomic mass is 9.85. The first-order chi connectivity index (χ1) is 7.25. The highest BCUT2D eigenvalue weighted by molar-refractivity contribution is 5.10. The number of nitrogen functional groups attached to an aromatic ring is 1. The molecule has 0 radical (unpaired) electrons. The predicted octanol–water partition coefficient (Wildman–Crippen LogP) is 0.830. The third kappa shape index (κ3) is 2.68. The van der Waals surface area contributed by atoms with Gasteiger partial charge in [-0.25, -0.2) is 0 Å². The van der Waals surface area contributed by atoms with Crippen LogP contribution in [0.15, 0.2) is 4.52 Å². The highest BCUT2D eigenvalue weighted by Gasteiger charge is 2.21. The van der Waals surface area contributed by atoms with Gasteiger partial charge in [0.2, 0.25) is 5.89 Å². The van der Waals surface area contributed by atoms with Crippen LogP contribution in [0.25, 0.3) is 0 Å². The normalized spacial score (nSPS) is 23.9. The highest BCUT2D eigenvalue weighted by atomic mass is 16.5. The fourth-order valence-corrected chi connectivity index (χ4v) is 2.16.